The van der Waals surface area contributed by atoms with Crippen molar-refractivity contribution in [1.82, 2.24) is 0 Å². The topological polar surface area (TPSA) is 16.4 Å². The Morgan fingerprint density at radius 1 is 0.313 bits per heavy atom. The van der Waals surface area contributed by atoms with E-state index in [9.17, 15) is 0 Å². The Labute approximate surface area is 392 Å². The molecule has 67 heavy (non-hydrogen) atoms. The predicted octanol–water partition coefficient (Wildman–Crippen LogP) is 18.9. The molecule has 13 aromatic rings. The normalized spacial score (nSPS) is 11.6. The van der Waals surface area contributed by atoms with Crippen LogP contribution in [0.2, 0.25) is 0 Å². The van der Waals surface area contributed by atoms with Crippen LogP contribution in [0.5, 0.6) is 0 Å². The summed E-state index contributed by atoms with van der Waals surface area (Å²) in [5.41, 5.74) is 16.6. The average molecular weight is 872 g/mol. The van der Waals surface area contributed by atoms with Gasteiger partial charge in [0.2, 0.25) is 0 Å². The Balaban J connectivity index is 1.01. The van der Waals surface area contributed by atoms with Crippen LogP contribution in [0.1, 0.15) is 0 Å². The zero-order chi connectivity index (χ0) is 44.3. The van der Waals surface area contributed by atoms with Gasteiger partial charge in [0, 0.05) is 42.5 Å². The lowest BCUT2D eigenvalue weighted by molar-refractivity contribution is 0.670. The maximum absolute atomic E-state index is 7.05. The van der Waals surface area contributed by atoms with E-state index >= 15 is 0 Å². The first-order valence-corrected chi connectivity index (χ1v) is 23.6. The Hall–Kier alpha value is -8.50. The van der Waals surface area contributed by atoms with E-state index < -0.39 is 0 Å². The lowest BCUT2D eigenvalue weighted by Gasteiger charge is -2.27. The van der Waals surface area contributed by atoms with Crippen molar-refractivity contribution in [3.05, 3.63) is 249 Å². The van der Waals surface area contributed by atoms with Gasteiger partial charge in [-0.25, -0.2) is 0 Å². The molecule has 0 unspecified atom stereocenters. The van der Waals surface area contributed by atoms with Gasteiger partial charge in [-0.1, -0.05) is 182 Å². The molecule has 0 bridgehead atoms. The molecule has 0 aliphatic heterocycles. The van der Waals surface area contributed by atoms with Crippen molar-refractivity contribution >= 4 is 81.3 Å². The zero-order valence-corrected chi connectivity index (χ0v) is 37.3. The maximum Gasteiger partial charge on any atom is 0.145 e. The zero-order valence-electron chi connectivity index (χ0n) is 36.4. The number of anilines is 3. The molecule has 0 aliphatic rings. The van der Waals surface area contributed by atoms with Gasteiger partial charge in [0.1, 0.15) is 11.2 Å². The summed E-state index contributed by atoms with van der Waals surface area (Å²) < 4.78 is 9.59. The molecular formula is C64H41NOS. The van der Waals surface area contributed by atoms with E-state index in [0.717, 1.165) is 66.8 Å². The Morgan fingerprint density at radius 3 is 1.58 bits per heavy atom. The van der Waals surface area contributed by atoms with Crippen molar-refractivity contribution < 1.29 is 4.42 Å². The van der Waals surface area contributed by atoms with Gasteiger partial charge in [-0.3, -0.25) is 0 Å². The molecule has 3 heteroatoms. The monoisotopic (exact) mass is 871 g/mol. The molecule has 2 heterocycles. The minimum atomic E-state index is 0.857. The first-order chi connectivity index (χ1) is 33.2. The third-order valence-electron chi connectivity index (χ3n) is 13.3. The highest BCUT2D eigenvalue weighted by atomic mass is 32.1. The third-order valence-corrected chi connectivity index (χ3v) is 14.4. The third kappa shape index (κ3) is 6.88. The molecule has 13 rings (SSSR count). The average Bonchev–Trinajstić information content (AvgIpc) is 3.98. The van der Waals surface area contributed by atoms with Crippen molar-refractivity contribution in [2.24, 2.45) is 0 Å². The predicted molar refractivity (Wildman–Crippen MR) is 286 cm³/mol. The number of thiophene rings is 1. The molecule has 11 aromatic carbocycles. The molecule has 2 nitrogen and oxygen atoms in total. The number of furan rings is 1. The van der Waals surface area contributed by atoms with E-state index in [0.29, 0.717) is 0 Å². The Morgan fingerprint density at radius 2 is 0.881 bits per heavy atom. The fraction of sp³-hybridized carbons (Fsp3) is 0. The summed E-state index contributed by atoms with van der Waals surface area (Å²) in [5.74, 6) is 0. The lowest BCUT2D eigenvalue weighted by atomic mass is 9.94. The first-order valence-electron chi connectivity index (χ1n) is 22.8. The Kier molecular flexibility index (Phi) is 9.40. The van der Waals surface area contributed by atoms with Crippen molar-refractivity contribution in [3.63, 3.8) is 0 Å². The van der Waals surface area contributed by atoms with Gasteiger partial charge in [-0.05, 0) is 128 Å². The van der Waals surface area contributed by atoms with E-state index in [-0.39, 0.29) is 0 Å². The maximum atomic E-state index is 7.05. The molecule has 0 radical (unpaired) electrons. The van der Waals surface area contributed by atoms with Crippen LogP contribution in [0.25, 0.3) is 109 Å². The molecular weight excluding hydrogens is 831 g/mol. The molecule has 0 fully saturated rings. The van der Waals surface area contributed by atoms with Crippen LogP contribution < -0.4 is 4.90 Å². The van der Waals surface area contributed by atoms with E-state index in [2.05, 4.69) is 254 Å². The summed E-state index contributed by atoms with van der Waals surface area (Å²) in [6, 6.07) is 90.0. The largest absolute Gasteiger partial charge is 0.455 e. The second-order valence-corrected chi connectivity index (χ2v) is 18.3. The number of nitrogens with zero attached hydrogens (tertiary/aromatic N) is 1. The van der Waals surface area contributed by atoms with Crippen LogP contribution in [0.4, 0.5) is 17.1 Å². The van der Waals surface area contributed by atoms with Crippen LogP contribution in [0, 0.1) is 0 Å². The number of rotatable bonds is 8. The number of fused-ring (bicyclic) bond motifs is 7. The molecule has 0 N–H and O–H groups in total. The second-order valence-electron chi connectivity index (χ2n) is 17.2. The van der Waals surface area contributed by atoms with Crippen LogP contribution >= 0.6 is 11.3 Å². The molecule has 0 spiro atoms. The van der Waals surface area contributed by atoms with Crippen LogP contribution in [-0.2, 0) is 0 Å². The summed E-state index contributed by atoms with van der Waals surface area (Å²) in [5, 5.41) is 7.12. The minimum Gasteiger partial charge on any atom is -0.455 e. The van der Waals surface area contributed by atoms with Crippen molar-refractivity contribution in [3.8, 4) is 55.6 Å². The van der Waals surface area contributed by atoms with E-state index in [1.807, 2.05) is 11.3 Å². The standard InChI is InChI=1S/C64H41NOS/c1-5-14-42(15-6-1)49-29-34-56-60(39-49)66-64-54(46-20-11-4-12-21-46)35-36-59(63(56)64)65(52-32-37-61-58(41-52)55-33-28-50(40-62(55)67-61)43-16-7-2-8-17-43)51-30-26-44(27-31-51)48-25-24-47-22-13-23-53(57(47)38-48)45-18-9-3-10-19-45/h1-41H. The molecule has 2 aromatic heterocycles. The molecule has 0 saturated heterocycles. The number of benzene rings is 11. The molecule has 314 valence electrons. The summed E-state index contributed by atoms with van der Waals surface area (Å²) in [4.78, 5) is 2.43. The first kappa shape index (κ1) is 38.9. The highest BCUT2D eigenvalue weighted by Crippen LogP contribution is 2.48. The van der Waals surface area contributed by atoms with Crippen LogP contribution in [0.3, 0.4) is 0 Å². The van der Waals surface area contributed by atoms with Crippen LogP contribution in [-0.4, -0.2) is 0 Å². The summed E-state index contributed by atoms with van der Waals surface area (Å²) in [6.45, 7) is 0. The number of hydrogen-bond acceptors (Lipinski definition) is 3. The summed E-state index contributed by atoms with van der Waals surface area (Å²) in [7, 11) is 0. The van der Waals surface area contributed by atoms with Crippen LogP contribution in [0.15, 0.2) is 253 Å². The smallest absolute Gasteiger partial charge is 0.145 e. The summed E-state index contributed by atoms with van der Waals surface area (Å²) >= 11 is 1.85. The SMILES string of the molecule is c1ccc(-c2ccc3c(c2)oc2c(-c4ccccc4)ccc(N(c4ccc(-c5ccc6cccc(-c7ccccc7)c6c5)cc4)c4ccc5sc6cc(-c7ccccc7)ccc6c5c4)c23)cc1. The molecule has 0 aliphatic carbocycles. The van der Waals surface area contributed by atoms with Gasteiger partial charge in [0.05, 0.1) is 11.1 Å². The van der Waals surface area contributed by atoms with Crippen molar-refractivity contribution in [1.29, 1.82) is 0 Å². The van der Waals surface area contributed by atoms with Gasteiger partial charge >= 0.3 is 0 Å². The van der Waals surface area contributed by atoms with Gasteiger partial charge in [-0.15, -0.1) is 11.3 Å². The lowest BCUT2D eigenvalue weighted by Crippen LogP contribution is -2.10. The van der Waals surface area contributed by atoms with E-state index in [4.69, 9.17) is 4.42 Å². The molecule has 0 amide bonds. The van der Waals surface area contributed by atoms with E-state index in [1.165, 1.54) is 58.8 Å². The molecule has 0 atom stereocenters. The van der Waals surface area contributed by atoms with Crippen molar-refractivity contribution in [2.45, 2.75) is 0 Å². The van der Waals surface area contributed by atoms with Gasteiger partial charge in [0.15, 0.2) is 0 Å². The second kappa shape index (κ2) is 16.2. The highest BCUT2D eigenvalue weighted by Gasteiger charge is 2.24. The van der Waals surface area contributed by atoms with Gasteiger partial charge < -0.3 is 9.32 Å². The minimum absolute atomic E-state index is 0.857. The highest BCUT2D eigenvalue weighted by molar-refractivity contribution is 7.25. The fourth-order valence-electron chi connectivity index (χ4n) is 9.97. The van der Waals surface area contributed by atoms with Crippen molar-refractivity contribution in [2.75, 3.05) is 4.90 Å². The number of hydrogen-bond donors (Lipinski definition) is 0. The Bertz CT molecular complexity index is 3950. The van der Waals surface area contributed by atoms with Gasteiger partial charge in [-0.2, -0.15) is 0 Å². The molecule has 0 saturated carbocycles. The van der Waals surface area contributed by atoms with Gasteiger partial charge in [0.25, 0.3) is 0 Å². The fourth-order valence-corrected chi connectivity index (χ4v) is 11.1. The summed E-state index contributed by atoms with van der Waals surface area (Å²) in [6.07, 6.45) is 0. The van der Waals surface area contributed by atoms with E-state index in [1.54, 1.807) is 0 Å². The quantitative estimate of drug-likeness (QED) is 0.151.